The van der Waals surface area contributed by atoms with Gasteiger partial charge in [0.15, 0.2) is 6.29 Å². The summed E-state index contributed by atoms with van der Waals surface area (Å²) in [5.41, 5.74) is -1.81. The van der Waals surface area contributed by atoms with Crippen LogP contribution in [-0.4, -0.2) is 28.2 Å². The van der Waals surface area contributed by atoms with Crippen molar-refractivity contribution in [3.63, 3.8) is 0 Å². The highest BCUT2D eigenvalue weighted by Crippen LogP contribution is 2.30. The zero-order valence-corrected chi connectivity index (χ0v) is 9.17. The number of nitro groups is 1. The van der Waals surface area contributed by atoms with E-state index in [2.05, 4.69) is 5.32 Å². The predicted octanol–water partition coefficient (Wildman–Crippen LogP) is 1.06. The molecule has 8 nitrogen and oxygen atoms in total. The van der Waals surface area contributed by atoms with Crippen LogP contribution in [0.4, 0.5) is 11.4 Å². The Balaban J connectivity index is 3.60. The van der Waals surface area contributed by atoms with E-state index in [9.17, 15) is 24.5 Å². The number of nitrogens with zero attached hydrogens (tertiary/aromatic N) is 1. The lowest BCUT2D eigenvalue weighted by Gasteiger charge is -2.08. The minimum atomic E-state index is -1.42. The number of aromatic carboxylic acids is 1. The topological polar surface area (TPSA) is 127 Å². The summed E-state index contributed by atoms with van der Waals surface area (Å²) in [6.45, 7) is 1.09. The van der Waals surface area contributed by atoms with Gasteiger partial charge < -0.3 is 10.4 Å². The van der Waals surface area contributed by atoms with Crippen LogP contribution in [-0.2, 0) is 4.79 Å². The lowest BCUT2D eigenvalue weighted by Crippen LogP contribution is -2.13. The first-order valence-electron chi connectivity index (χ1n) is 4.66. The summed E-state index contributed by atoms with van der Waals surface area (Å²) in [5.74, 6) is -2.07. The molecule has 0 fully saturated rings. The van der Waals surface area contributed by atoms with Crippen molar-refractivity contribution in [3.05, 3.63) is 33.4 Å². The van der Waals surface area contributed by atoms with Gasteiger partial charge in [0.1, 0.15) is 5.69 Å². The quantitative estimate of drug-likeness (QED) is 0.468. The van der Waals surface area contributed by atoms with Crippen molar-refractivity contribution in [3.8, 4) is 0 Å². The second kappa shape index (κ2) is 5.04. The van der Waals surface area contributed by atoms with Crippen LogP contribution in [0.1, 0.15) is 27.6 Å². The largest absolute Gasteiger partial charge is 0.478 e. The molecule has 8 heteroatoms. The Kier molecular flexibility index (Phi) is 3.72. The van der Waals surface area contributed by atoms with Gasteiger partial charge in [0.25, 0.3) is 5.69 Å². The lowest BCUT2D eigenvalue weighted by atomic mass is 10.0. The number of aldehydes is 1. The summed E-state index contributed by atoms with van der Waals surface area (Å²) in [4.78, 5) is 42.6. The molecule has 0 saturated heterocycles. The van der Waals surface area contributed by atoms with E-state index < -0.39 is 39.3 Å². The number of nitro benzene ring substituents is 1. The zero-order valence-electron chi connectivity index (χ0n) is 9.17. The number of hydrogen-bond donors (Lipinski definition) is 2. The van der Waals surface area contributed by atoms with Crippen molar-refractivity contribution < 1.29 is 24.4 Å². The van der Waals surface area contributed by atoms with Crippen molar-refractivity contribution in [2.75, 3.05) is 5.32 Å². The highest BCUT2D eigenvalue weighted by atomic mass is 16.6. The number of carboxylic acid groups (broad SMARTS) is 1. The van der Waals surface area contributed by atoms with Crippen LogP contribution < -0.4 is 5.32 Å². The average Bonchev–Trinajstić information content (AvgIpc) is 2.26. The van der Waals surface area contributed by atoms with Crippen molar-refractivity contribution in [1.29, 1.82) is 0 Å². The first-order chi connectivity index (χ1) is 8.38. The highest BCUT2D eigenvalue weighted by Gasteiger charge is 2.24. The molecule has 1 aromatic carbocycles. The van der Waals surface area contributed by atoms with Gasteiger partial charge in [-0.15, -0.1) is 0 Å². The molecule has 0 radical (unpaired) electrons. The first-order valence-corrected chi connectivity index (χ1v) is 4.66. The van der Waals surface area contributed by atoms with E-state index in [0.717, 1.165) is 19.1 Å². The summed E-state index contributed by atoms with van der Waals surface area (Å²) in [6, 6.07) is 1.86. The van der Waals surface area contributed by atoms with E-state index in [-0.39, 0.29) is 6.29 Å². The van der Waals surface area contributed by atoms with Crippen molar-refractivity contribution in [2.24, 2.45) is 0 Å². The molecule has 1 aromatic rings. The Morgan fingerprint density at radius 1 is 1.44 bits per heavy atom. The predicted molar refractivity (Wildman–Crippen MR) is 59.7 cm³/mol. The maximum Gasteiger partial charge on any atom is 0.336 e. The molecule has 0 atom stereocenters. The number of anilines is 1. The van der Waals surface area contributed by atoms with Crippen LogP contribution in [0.25, 0.3) is 0 Å². The Labute approximate surface area is 100 Å². The Hall–Kier alpha value is -2.77. The first kappa shape index (κ1) is 13.3. The van der Waals surface area contributed by atoms with E-state index in [1.165, 1.54) is 0 Å². The molecule has 94 valence electrons. The number of rotatable bonds is 4. The molecule has 0 aliphatic carbocycles. The normalized spacial score (nSPS) is 9.61. The van der Waals surface area contributed by atoms with Crippen LogP contribution in [0.2, 0.25) is 0 Å². The molecule has 1 amide bonds. The average molecular weight is 252 g/mol. The molecule has 0 saturated carbocycles. The summed E-state index contributed by atoms with van der Waals surface area (Å²) in [5, 5.41) is 21.7. The lowest BCUT2D eigenvalue weighted by molar-refractivity contribution is -0.383. The van der Waals surface area contributed by atoms with E-state index in [1.54, 1.807) is 0 Å². The number of carboxylic acids is 1. The standard InChI is InChI=1S/C10H8N2O6/c1-5(14)11-9-7(4-13)6(10(15)16)2-3-8(9)12(17)18/h2-4H,1H3,(H,11,14)(H,15,16). The number of carbonyl (C=O) groups is 3. The number of hydrogen-bond acceptors (Lipinski definition) is 5. The maximum atomic E-state index is 10.9. The van der Waals surface area contributed by atoms with Crippen molar-refractivity contribution >= 4 is 29.5 Å². The van der Waals surface area contributed by atoms with Gasteiger partial charge in [-0.05, 0) is 6.07 Å². The minimum absolute atomic E-state index is 0.154. The molecule has 0 unspecified atom stereocenters. The van der Waals surface area contributed by atoms with Gasteiger partial charge in [-0.3, -0.25) is 19.7 Å². The van der Waals surface area contributed by atoms with Gasteiger partial charge in [0.2, 0.25) is 5.91 Å². The van der Waals surface area contributed by atoms with E-state index in [4.69, 9.17) is 5.11 Å². The summed E-state index contributed by atoms with van der Waals surface area (Å²) >= 11 is 0. The Morgan fingerprint density at radius 3 is 2.44 bits per heavy atom. The van der Waals surface area contributed by atoms with Gasteiger partial charge in [0, 0.05) is 13.0 Å². The van der Waals surface area contributed by atoms with E-state index in [0.29, 0.717) is 0 Å². The van der Waals surface area contributed by atoms with E-state index >= 15 is 0 Å². The van der Waals surface area contributed by atoms with Crippen molar-refractivity contribution in [2.45, 2.75) is 6.92 Å². The second-order valence-electron chi connectivity index (χ2n) is 3.28. The van der Waals surface area contributed by atoms with Crippen LogP contribution in [0, 0.1) is 10.1 Å². The third kappa shape index (κ3) is 2.48. The van der Waals surface area contributed by atoms with Crippen LogP contribution in [0.5, 0.6) is 0 Å². The molecule has 1 rings (SSSR count). The van der Waals surface area contributed by atoms with Crippen LogP contribution in [0.3, 0.4) is 0 Å². The highest BCUT2D eigenvalue weighted by molar-refractivity contribution is 6.06. The molecule has 0 bridgehead atoms. The fourth-order valence-electron chi connectivity index (χ4n) is 1.38. The number of nitrogens with one attached hydrogen (secondary N) is 1. The summed E-state index contributed by atoms with van der Waals surface area (Å²) < 4.78 is 0. The Bertz CT molecular complexity index is 552. The molecular weight excluding hydrogens is 244 g/mol. The smallest absolute Gasteiger partial charge is 0.336 e. The zero-order chi connectivity index (χ0) is 13.9. The number of carbonyl (C=O) groups excluding carboxylic acids is 2. The monoisotopic (exact) mass is 252 g/mol. The summed E-state index contributed by atoms with van der Waals surface area (Å²) in [6.07, 6.45) is 0.154. The van der Waals surface area contributed by atoms with Crippen LogP contribution in [0.15, 0.2) is 12.1 Å². The maximum absolute atomic E-state index is 10.9. The SMILES string of the molecule is CC(=O)Nc1c([N+](=O)[O-])ccc(C(=O)O)c1C=O. The van der Waals surface area contributed by atoms with Gasteiger partial charge in [-0.2, -0.15) is 0 Å². The number of benzene rings is 1. The fourth-order valence-corrected chi connectivity index (χ4v) is 1.38. The third-order valence-corrected chi connectivity index (χ3v) is 2.07. The minimum Gasteiger partial charge on any atom is -0.478 e. The molecule has 18 heavy (non-hydrogen) atoms. The molecule has 0 aliphatic rings. The Morgan fingerprint density at radius 2 is 2.06 bits per heavy atom. The second-order valence-corrected chi connectivity index (χ2v) is 3.28. The molecule has 2 N–H and O–H groups in total. The fraction of sp³-hybridized carbons (Fsp3) is 0.100. The van der Waals surface area contributed by atoms with Gasteiger partial charge in [-0.25, -0.2) is 4.79 Å². The van der Waals surface area contributed by atoms with Crippen molar-refractivity contribution in [1.82, 2.24) is 0 Å². The molecule has 0 heterocycles. The molecular formula is C10H8N2O6. The summed E-state index contributed by atoms with van der Waals surface area (Å²) in [7, 11) is 0. The van der Waals surface area contributed by atoms with E-state index in [1.807, 2.05) is 0 Å². The van der Waals surface area contributed by atoms with Gasteiger partial charge >= 0.3 is 5.97 Å². The molecule has 0 spiro atoms. The van der Waals surface area contributed by atoms with Gasteiger partial charge in [0.05, 0.1) is 16.1 Å². The molecule has 0 aliphatic heterocycles. The van der Waals surface area contributed by atoms with Crippen LogP contribution >= 0.6 is 0 Å². The third-order valence-electron chi connectivity index (χ3n) is 2.07. The van der Waals surface area contributed by atoms with Gasteiger partial charge in [-0.1, -0.05) is 0 Å². The molecule has 0 aromatic heterocycles. The number of amides is 1.